The van der Waals surface area contributed by atoms with E-state index in [9.17, 15) is 21.6 Å². The molecule has 37 heavy (non-hydrogen) atoms. The molecule has 1 atom stereocenters. The number of sulfonamides is 2. The summed E-state index contributed by atoms with van der Waals surface area (Å²) in [5.41, 5.74) is 0.113. The van der Waals surface area contributed by atoms with E-state index in [4.69, 9.17) is 32.7 Å². The number of halogens is 2. The summed E-state index contributed by atoms with van der Waals surface area (Å²) >= 11 is 12.3. The fourth-order valence-electron chi connectivity index (χ4n) is 3.79. The number of hydrogen-bond acceptors (Lipinski definition) is 7. The Morgan fingerprint density at radius 3 is 2.35 bits per heavy atom. The Labute approximate surface area is 227 Å². The molecule has 1 aliphatic rings. The predicted octanol–water partition coefficient (Wildman–Crippen LogP) is 2.75. The molecule has 204 valence electrons. The first-order valence-corrected chi connectivity index (χ1v) is 15.5. The van der Waals surface area contributed by atoms with Gasteiger partial charge in [-0.05, 0) is 48.9 Å². The number of amides is 1. The second-order valence-corrected chi connectivity index (χ2v) is 12.8. The van der Waals surface area contributed by atoms with Crippen LogP contribution in [0.2, 0.25) is 10.0 Å². The first-order chi connectivity index (χ1) is 17.4. The minimum atomic E-state index is -3.87. The highest BCUT2D eigenvalue weighted by Crippen LogP contribution is 2.33. The van der Waals surface area contributed by atoms with E-state index in [0.29, 0.717) is 32.1 Å². The first-order valence-electron chi connectivity index (χ1n) is 11.5. The van der Waals surface area contributed by atoms with E-state index in [1.165, 1.54) is 46.8 Å². The summed E-state index contributed by atoms with van der Waals surface area (Å²) in [6.45, 7) is 3.18. The van der Waals surface area contributed by atoms with Gasteiger partial charge in [-0.3, -0.25) is 9.10 Å². The Kier molecular flexibility index (Phi) is 10.1. The van der Waals surface area contributed by atoms with Crippen LogP contribution in [0.25, 0.3) is 0 Å². The van der Waals surface area contributed by atoms with Crippen LogP contribution < -0.4 is 14.4 Å². The number of nitrogens with one attached hydrogen (secondary N) is 1. The molecule has 1 unspecified atom stereocenters. The number of nitrogens with zero attached hydrogens (tertiary/aromatic N) is 2. The molecule has 0 saturated carbocycles. The number of anilines is 1. The van der Waals surface area contributed by atoms with Crippen LogP contribution in [0, 0.1) is 0 Å². The Balaban J connectivity index is 1.60. The van der Waals surface area contributed by atoms with Gasteiger partial charge >= 0.3 is 0 Å². The SMILES string of the molecule is CCC(C(=O)NCCOc1ccc(S(=O)(=O)N2CCOCC2)cc1)N(c1cc(Cl)ccc1Cl)S(C)(=O)=O. The lowest BCUT2D eigenvalue weighted by atomic mass is 10.2. The van der Waals surface area contributed by atoms with Gasteiger partial charge in [0.15, 0.2) is 0 Å². The van der Waals surface area contributed by atoms with E-state index < -0.39 is 32.0 Å². The molecule has 1 heterocycles. The second-order valence-electron chi connectivity index (χ2n) is 8.21. The van der Waals surface area contributed by atoms with Crippen LogP contribution in [-0.4, -0.2) is 78.8 Å². The van der Waals surface area contributed by atoms with Crippen LogP contribution in [0.5, 0.6) is 5.75 Å². The molecule has 1 fully saturated rings. The number of carbonyl (C=O) groups is 1. The molecular weight excluding hydrogens is 565 g/mol. The zero-order valence-electron chi connectivity index (χ0n) is 20.4. The molecule has 3 rings (SSSR count). The fourth-order valence-corrected chi connectivity index (χ4v) is 6.84. The summed E-state index contributed by atoms with van der Waals surface area (Å²) in [6.07, 6.45) is 1.17. The molecule has 0 radical (unpaired) electrons. The van der Waals surface area contributed by atoms with Gasteiger partial charge in [0, 0.05) is 18.1 Å². The highest BCUT2D eigenvalue weighted by Gasteiger charge is 2.33. The van der Waals surface area contributed by atoms with E-state index in [2.05, 4.69) is 5.32 Å². The van der Waals surface area contributed by atoms with Crippen LogP contribution in [0.4, 0.5) is 5.69 Å². The lowest BCUT2D eigenvalue weighted by Crippen LogP contribution is -2.50. The van der Waals surface area contributed by atoms with Crippen molar-refractivity contribution in [1.82, 2.24) is 9.62 Å². The number of rotatable bonds is 11. The van der Waals surface area contributed by atoms with Gasteiger partial charge in [-0.1, -0.05) is 30.1 Å². The van der Waals surface area contributed by atoms with Crippen molar-refractivity contribution < 1.29 is 31.1 Å². The number of benzene rings is 2. The highest BCUT2D eigenvalue weighted by molar-refractivity contribution is 7.92. The molecule has 1 amide bonds. The average Bonchev–Trinajstić information content (AvgIpc) is 2.86. The summed E-state index contributed by atoms with van der Waals surface area (Å²) in [4.78, 5) is 13.1. The van der Waals surface area contributed by atoms with Crippen molar-refractivity contribution >= 4 is 54.8 Å². The molecule has 1 aliphatic heterocycles. The zero-order valence-corrected chi connectivity index (χ0v) is 23.5. The van der Waals surface area contributed by atoms with Gasteiger partial charge in [0.05, 0.1) is 41.6 Å². The zero-order chi connectivity index (χ0) is 27.2. The normalized spacial score (nSPS) is 15.7. The van der Waals surface area contributed by atoms with Gasteiger partial charge in [-0.2, -0.15) is 4.31 Å². The van der Waals surface area contributed by atoms with Crippen LogP contribution >= 0.6 is 23.2 Å². The summed E-state index contributed by atoms with van der Waals surface area (Å²) in [6, 6.07) is 9.33. The van der Waals surface area contributed by atoms with Crippen molar-refractivity contribution in [2.24, 2.45) is 0 Å². The second kappa shape index (κ2) is 12.6. The molecule has 1 N–H and O–H groups in total. The van der Waals surface area contributed by atoms with Crippen LogP contribution in [0.1, 0.15) is 13.3 Å². The van der Waals surface area contributed by atoms with E-state index >= 15 is 0 Å². The molecule has 0 aromatic heterocycles. The lowest BCUT2D eigenvalue weighted by Gasteiger charge is -2.30. The van der Waals surface area contributed by atoms with Gasteiger partial charge in [0.2, 0.25) is 26.0 Å². The van der Waals surface area contributed by atoms with Gasteiger partial charge in [-0.15, -0.1) is 0 Å². The summed E-state index contributed by atoms with van der Waals surface area (Å²) in [7, 11) is -7.48. The predicted molar refractivity (Wildman–Crippen MR) is 142 cm³/mol. The third-order valence-corrected chi connectivity index (χ3v) is 9.21. The summed E-state index contributed by atoms with van der Waals surface area (Å²) < 4.78 is 63.8. The van der Waals surface area contributed by atoms with Gasteiger partial charge in [0.25, 0.3) is 0 Å². The third-order valence-electron chi connectivity index (χ3n) is 5.58. The highest BCUT2D eigenvalue weighted by atomic mass is 35.5. The maximum absolute atomic E-state index is 12.9. The number of carbonyl (C=O) groups excluding carboxylic acids is 1. The van der Waals surface area contributed by atoms with Gasteiger partial charge in [-0.25, -0.2) is 16.8 Å². The molecule has 0 bridgehead atoms. The minimum absolute atomic E-state index is 0.0779. The van der Waals surface area contributed by atoms with Crippen molar-refractivity contribution in [2.75, 3.05) is 50.0 Å². The Morgan fingerprint density at radius 1 is 1.11 bits per heavy atom. The average molecular weight is 595 g/mol. The Morgan fingerprint density at radius 2 is 1.76 bits per heavy atom. The lowest BCUT2D eigenvalue weighted by molar-refractivity contribution is -0.122. The Hall–Kier alpha value is -2.09. The quantitative estimate of drug-likeness (QED) is 0.397. The molecule has 0 aliphatic carbocycles. The van der Waals surface area contributed by atoms with Crippen LogP contribution in [0.3, 0.4) is 0 Å². The molecule has 14 heteroatoms. The topological polar surface area (TPSA) is 122 Å². The standard InChI is InChI=1S/C23H29Cl2N3O7S2/c1-3-21(28(36(2,30)31)22-16-17(24)4-9-20(22)25)23(29)26-10-13-35-18-5-7-19(8-6-18)37(32,33)27-11-14-34-15-12-27/h4-9,16,21H,3,10-15H2,1-2H3,(H,26,29). The number of morpholine rings is 1. The maximum Gasteiger partial charge on any atom is 0.244 e. The summed E-state index contributed by atoms with van der Waals surface area (Å²) in [5.74, 6) is -0.106. The molecule has 2 aromatic rings. The number of ether oxygens (including phenoxy) is 2. The third kappa shape index (κ3) is 7.49. The molecular formula is C23H29Cl2N3O7S2. The van der Waals surface area contributed by atoms with Gasteiger partial charge in [0.1, 0.15) is 18.4 Å². The summed E-state index contributed by atoms with van der Waals surface area (Å²) in [5, 5.41) is 3.10. The van der Waals surface area contributed by atoms with Crippen molar-refractivity contribution in [1.29, 1.82) is 0 Å². The molecule has 10 nitrogen and oxygen atoms in total. The van der Waals surface area contributed by atoms with Crippen molar-refractivity contribution in [3.05, 3.63) is 52.5 Å². The van der Waals surface area contributed by atoms with Crippen molar-refractivity contribution in [3.8, 4) is 5.75 Å². The molecule has 0 spiro atoms. The minimum Gasteiger partial charge on any atom is -0.492 e. The number of hydrogen-bond donors (Lipinski definition) is 1. The van der Waals surface area contributed by atoms with E-state index in [-0.39, 0.29) is 40.2 Å². The Bertz CT molecular complexity index is 1300. The van der Waals surface area contributed by atoms with Crippen LogP contribution in [-0.2, 0) is 29.6 Å². The van der Waals surface area contributed by atoms with E-state index in [0.717, 1.165) is 10.6 Å². The van der Waals surface area contributed by atoms with Gasteiger partial charge < -0.3 is 14.8 Å². The largest absolute Gasteiger partial charge is 0.492 e. The van der Waals surface area contributed by atoms with Crippen molar-refractivity contribution in [3.63, 3.8) is 0 Å². The smallest absolute Gasteiger partial charge is 0.244 e. The van der Waals surface area contributed by atoms with E-state index in [1.807, 2.05) is 0 Å². The molecule has 1 saturated heterocycles. The van der Waals surface area contributed by atoms with Crippen molar-refractivity contribution in [2.45, 2.75) is 24.3 Å². The molecule has 2 aromatic carbocycles. The maximum atomic E-state index is 12.9. The fraction of sp³-hybridized carbons (Fsp3) is 0.435. The first kappa shape index (κ1) is 29.5. The monoisotopic (exact) mass is 593 g/mol. The van der Waals surface area contributed by atoms with Crippen LogP contribution in [0.15, 0.2) is 47.4 Å². The van der Waals surface area contributed by atoms with E-state index in [1.54, 1.807) is 6.92 Å².